The summed E-state index contributed by atoms with van der Waals surface area (Å²) in [5.41, 5.74) is 5.50. The number of guanidine groups is 1. The number of amides is 1. The second kappa shape index (κ2) is 9.34. The van der Waals surface area contributed by atoms with Gasteiger partial charge in [0.25, 0.3) is 0 Å². The maximum absolute atomic E-state index is 12.0. The van der Waals surface area contributed by atoms with Gasteiger partial charge in [-0.15, -0.1) is 0 Å². The first-order valence-corrected chi connectivity index (χ1v) is 8.32. The molecular formula is C16H30N4O4. The third-order valence-electron chi connectivity index (χ3n) is 3.55. The predicted octanol–water partition coefficient (Wildman–Crippen LogP) is 1.20. The summed E-state index contributed by atoms with van der Waals surface area (Å²) in [5.74, 6) is 0.280. The van der Waals surface area contributed by atoms with Crippen molar-refractivity contribution in [1.82, 2.24) is 9.80 Å². The number of carbonyl (C=O) groups excluding carboxylic acids is 2. The Labute approximate surface area is 144 Å². The fourth-order valence-electron chi connectivity index (χ4n) is 2.22. The molecule has 0 aromatic carbocycles. The van der Waals surface area contributed by atoms with Gasteiger partial charge in [0.2, 0.25) is 0 Å². The number of methoxy groups -OCH3 is 1. The van der Waals surface area contributed by atoms with Gasteiger partial charge >= 0.3 is 12.1 Å². The molecule has 138 valence electrons. The van der Waals surface area contributed by atoms with Crippen LogP contribution in [-0.4, -0.2) is 73.3 Å². The Balaban J connectivity index is 2.29. The van der Waals surface area contributed by atoms with Crippen LogP contribution in [0.3, 0.4) is 0 Å². The summed E-state index contributed by atoms with van der Waals surface area (Å²) in [6.45, 7) is 8.54. The Bertz CT molecular complexity index is 451. The van der Waals surface area contributed by atoms with E-state index in [1.54, 1.807) is 4.90 Å². The monoisotopic (exact) mass is 342 g/mol. The van der Waals surface area contributed by atoms with Crippen molar-refractivity contribution in [2.24, 2.45) is 10.7 Å². The van der Waals surface area contributed by atoms with E-state index in [2.05, 4.69) is 9.73 Å². The fourth-order valence-corrected chi connectivity index (χ4v) is 2.22. The van der Waals surface area contributed by atoms with Crippen molar-refractivity contribution in [3.8, 4) is 0 Å². The Kier molecular flexibility index (Phi) is 7.81. The van der Waals surface area contributed by atoms with Gasteiger partial charge in [0.1, 0.15) is 5.60 Å². The van der Waals surface area contributed by atoms with Crippen molar-refractivity contribution < 1.29 is 19.1 Å². The van der Waals surface area contributed by atoms with E-state index >= 15 is 0 Å². The molecule has 0 unspecified atom stereocenters. The van der Waals surface area contributed by atoms with E-state index < -0.39 is 5.60 Å². The number of hydrogen-bond acceptors (Lipinski definition) is 5. The summed E-state index contributed by atoms with van der Waals surface area (Å²) in [4.78, 5) is 31.0. The zero-order chi connectivity index (χ0) is 18.2. The maximum atomic E-state index is 12.0. The topological polar surface area (TPSA) is 97.5 Å². The third-order valence-corrected chi connectivity index (χ3v) is 3.55. The predicted molar refractivity (Wildman–Crippen MR) is 91.7 cm³/mol. The van der Waals surface area contributed by atoms with Gasteiger partial charge in [-0.25, -0.2) is 4.79 Å². The molecule has 0 bridgehead atoms. The van der Waals surface area contributed by atoms with E-state index in [0.717, 1.165) is 12.8 Å². The summed E-state index contributed by atoms with van der Waals surface area (Å²) >= 11 is 0. The third kappa shape index (κ3) is 7.52. The van der Waals surface area contributed by atoms with Crippen LogP contribution in [0.4, 0.5) is 4.79 Å². The minimum Gasteiger partial charge on any atom is -0.469 e. The molecule has 1 heterocycles. The van der Waals surface area contributed by atoms with E-state index in [0.29, 0.717) is 45.1 Å². The molecule has 1 aliphatic heterocycles. The lowest BCUT2D eigenvalue weighted by Crippen LogP contribution is -2.53. The Hall–Kier alpha value is -1.99. The Morgan fingerprint density at radius 1 is 1.08 bits per heavy atom. The molecule has 0 aromatic heterocycles. The number of rotatable bonds is 5. The summed E-state index contributed by atoms with van der Waals surface area (Å²) in [6, 6.07) is 0. The molecule has 0 spiro atoms. The van der Waals surface area contributed by atoms with E-state index in [1.165, 1.54) is 7.11 Å². The van der Waals surface area contributed by atoms with Gasteiger partial charge in [0, 0.05) is 39.1 Å². The molecule has 8 nitrogen and oxygen atoms in total. The minimum absolute atomic E-state index is 0.204. The molecule has 0 aliphatic carbocycles. The van der Waals surface area contributed by atoms with Crippen LogP contribution in [0.15, 0.2) is 4.99 Å². The summed E-state index contributed by atoms with van der Waals surface area (Å²) in [7, 11) is 1.38. The molecule has 1 aliphatic rings. The van der Waals surface area contributed by atoms with E-state index in [1.807, 2.05) is 25.7 Å². The van der Waals surface area contributed by atoms with Crippen molar-refractivity contribution in [3.05, 3.63) is 0 Å². The quantitative estimate of drug-likeness (QED) is 0.349. The molecule has 1 saturated heterocycles. The summed E-state index contributed by atoms with van der Waals surface area (Å²) < 4.78 is 9.94. The van der Waals surface area contributed by atoms with Gasteiger partial charge in [-0.2, -0.15) is 0 Å². The highest BCUT2D eigenvalue weighted by atomic mass is 16.6. The van der Waals surface area contributed by atoms with Crippen LogP contribution in [0.25, 0.3) is 0 Å². The van der Waals surface area contributed by atoms with Crippen molar-refractivity contribution in [1.29, 1.82) is 0 Å². The number of unbranched alkanes of at least 4 members (excludes halogenated alkanes) is 1. The molecule has 2 N–H and O–H groups in total. The smallest absolute Gasteiger partial charge is 0.410 e. The molecule has 0 aromatic rings. The molecule has 8 heteroatoms. The van der Waals surface area contributed by atoms with Crippen LogP contribution >= 0.6 is 0 Å². The van der Waals surface area contributed by atoms with E-state index in [9.17, 15) is 9.59 Å². The average Bonchev–Trinajstić information content (AvgIpc) is 2.52. The number of nitrogens with two attached hydrogens (primary N) is 1. The molecule has 24 heavy (non-hydrogen) atoms. The number of hydrogen-bond donors (Lipinski definition) is 1. The molecule has 0 atom stereocenters. The average molecular weight is 342 g/mol. The Morgan fingerprint density at radius 3 is 2.21 bits per heavy atom. The van der Waals surface area contributed by atoms with Crippen LogP contribution in [0.1, 0.15) is 40.0 Å². The highest BCUT2D eigenvalue weighted by Gasteiger charge is 2.26. The van der Waals surface area contributed by atoms with Gasteiger partial charge in [0.05, 0.1) is 7.11 Å². The second-order valence-electron chi connectivity index (χ2n) is 6.73. The molecule has 1 fully saturated rings. The van der Waals surface area contributed by atoms with Gasteiger partial charge in [-0.1, -0.05) is 0 Å². The van der Waals surface area contributed by atoms with Gasteiger partial charge in [-0.3, -0.25) is 9.79 Å². The zero-order valence-electron chi connectivity index (χ0n) is 15.2. The maximum Gasteiger partial charge on any atom is 0.410 e. The minimum atomic E-state index is -0.487. The number of aliphatic imine (C=N–C) groups is 1. The number of carbonyl (C=O) groups is 2. The highest BCUT2D eigenvalue weighted by Crippen LogP contribution is 2.11. The van der Waals surface area contributed by atoms with Crippen LogP contribution in [0.2, 0.25) is 0 Å². The lowest BCUT2D eigenvalue weighted by Gasteiger charge is -2.36. The lowest BCUT2D eigenvalue weighted by atomic mass is 10.2. The summed E-state index contributed by atoms with van der Waals surface area (Å²) in [5, 5.41) is 0. The molecule has 1 rings (SSSR count). The first kappa shape index (κ1) is 20.1. The van der Waals surface area contributed by atoms with E-state index in [-0.39, 0.29) is 12.1 Å². The van der Waals surface area contributed by atoms with Crippen molar-refractivity contribution in [3.63, 3.8) is 0 Å². The van der Waals surface area contributed by atoms with Gasteiger partial charge in [0.15, 0.2) is 5.96 Å². The first-order valence-electron chi connectivity index (χ1n) is 8.32. The van der Waals surface area contributed by atoms with E-state index in [4.69, 9.17) is 10.5 Å². The summed E-state index contributed by atoms with van der Waals surface area (Å²) in [6.07, 6.45) is 1.63. The molecule has 1 amide bonds. The zero-order valence-corrected chi connectivity index (χ0v) is 15.2. The molecular weight excluding hydrogens is 312 g/mol. The van der Waals surface area contributed by atoms with Crippen molar-refractivity contribution in [2.45, 2.75) is 45.6 Å². The van der Waals surface area contributed by atoms with Crippen LogP contribution in [-0.2, 0) is 14.3 Å². The van der Waals surface area contributed by atoms with Crippen LogP contribution in [0.5, 0.6) is 0 Å². The van der Waals surface area contributed by atoms with Crippen molar-refractivity contribution >= 4 is 18.0 Å². The highest BCUT2D eigenvalue weighted by molar-refractivity contribution is 5.78. The van der Waals surface area contributed by atoms with Crippen molar-refractivity contribution in [2.75, 3.05) is 39.8 Å². The number of ether oxygens (including phenoxy) is 2. The SMILES string of the molecule is COC(=O)CCCCN=C(N)N1CCN(C(=O)OC(C)(C)C)CC1. The fraction of sp³-hybridized carbons (Fsp3) is 0.812. The molecule has 0 saturated carbocycles. The Morgan fingerprint density at radius 2 is 1.67 bits per heavy atom. The van der Waals surface area contributed by atoms with Gasteiger partial charge in [-0.05, 0) is 33.6 Å². The largest absolute Gasteiger partial charge is 0.469 e. The first-order chi connectivity index (χ1) is 11.2. The normalized spacial score (nSPS) is 16.1. The number of esters is 1. The number of piperazine rings is 1. The van der Waals surface area contributed by atoms with Gasteiger partial charge < -0.3 is 25.0 Å². The van der Waals surface area contributed by atoms with Crippen LogP contribution < -0.4 is 5.73 Å². The second-order valence-corrected chi connectivity index (χ2v) is 6.73. The molecule has 0 radical (unpaired) electrons. The number of nitrogens with zero attached hydrogens (tertiary/aromatic N) is 3. The van der Waals surface area contributed by atoms with Crippen LogP contribution in [0, 0.1) is 0 Å². The lowest BCUT2D eigenvalue weighted by molar-refractivity contribution is -0.140. The standard InChI is InChI=1S/C16H30N4O4/c1-16(2,3)24-15(22)20-11-9-19(10-12-20)14(17)18-8-6-5-7-13(21)23-4/h5-12H2,1-4H3,(H2,17,18).